The molecule has 1 heterocycles. The second-order valence-corrected chi connectivity index (χ2v) is 6.31. The van der Waals surface area contributed by atoms with E-state index < -0.39 is 18.0 Å². The number of amides is 1. The maximum Gasteiger partial charge on any atom is 0.435 e. The van der Waals surface area contributed by atoms with E-state index in [-0.39, 0.29) is 24.9 Å². The molecule has 0 saturated heterocycles. The highest BCUT2D eigenvalue weighted by Gasteiger charge is 2.37. The summed E-state index contributed by atoms with van der Waals surface area (Å²) in [4.78, 5) is 12.1. The van der Waals surface area contributed by atoms with Crippen LogP contribution in [0.2, 0.25) is 0 Å². The van der Waals surface area contributed by atoms with Gasteiger partial charge in [0.05, 0.1) is 6.54 Å². The van der Waals surface area contributed by atoms with Gasteiger partial charge in [-0.15, -0.1) is 0 Å². The molecule has 1 atom stereocenters. The van der Waals surface area contributed by atoms with Gasteiger partial charge < -0.3 is 10.1 Å². The fraction of sp³-hybridized carbons (Fsp3) is 0.444. The zero-order chi connectivity index (χ0) is 18.7. The lowest BCUT2D eigenvalue weighted by molar-refractivity contribution is -0.141. The third-order valence-electron chi connectivity index (χ3n) is 4.15. The van der Waals surface area contributed by atoms with Crippen molar-refractivity contribution in [3.63, 3.8) is 0 Å². The molecule has 3 rings (SSSR count). The Balaban J connectivity index is 1.54. The van der Waals surface area contributed by atoms with Gasteiger partial charge >= 0.3 is 6.18 Å². The summed E-state index contributed by atoms with van der Waals surface area (Å²) in [6.07, 6.45) is -3.42. The first-order valence-corrected chi connectivity index (χ1v) is 8.49. The number of nitrogens with zero attached hydrogens (tertiary/aromatic N) is 2. The Morgan fingerprint density at radius 1 is 1.35 bits per heavy atom. The Labute approximate surface area is 149 Å². The molecule has 1 aromatic heterocycles. The van der Waals surface area contributed by atoms with Gasteiger partial charge in [0, 0.05) is 18.2 Å². The first kappa shape index (κ1) is 18.3. The second-order valence-electron chi connectivity index (χ2n) is 6.31. The fourth-order valence-electron chi connectivity index (χ4n) is 2.64. The van der Waals surface area contributed by atoms with Crippen LogP contribution in [0.25, 0.3) is 0 Å². The molecular formula is C18H20F3N3O2. The molecule has 1 aliphatic carbocycles. The number of alkyl halides is 3. The molecule has 140 valence electrons. The zero-order valence-corrected chi connectivity index (χ0v) is 14.3. The lowest BCUT2D eigenvalue weighted by Crippen LogP contribution is -2.38. The molecule has 1 aliphatic rings. The Morgan fingerprint density at radius 2 is 2.04 bits per heavy atom. The predicted molar refractivity (Wildman–Crippen MR) is 88.7 cm³/mol. The number of nitrogens with one attached hydrogen (secondary N) is 1. The number of carbonyl (C=O) groups excluding carboxylic acids is 1. The highest BCUT2D eigenvalue weighted by Crippen LogP contribution is 2.42. The first-order chi connectivity index (χ1) is 12.3. The highest BCUT2D eigenvalue weighted by atomic mass is 19.4. The second kappa shape index (κ2) is 7.39. The van der Waals surface area contributed by atoms with Gasteiger partial charge in [-0.05, 0) is 38.0 Å². The van der Waals surface area contributed by atoms with E-state index in [1.165, 1.54) is 4.68 Å². The van der Waals surface area contributed by atoms with Crippen LogP contribution in [-0.4, -0.2) is 28.3 Å². The number of hydrogen-bond acceptors (Lipinski definition) is 3. The van der Waals surface area contributed by atoms with Gasteiger partial charge in [-0.2, -0.15) is 18.3 Å². The van der Waals surface area contributed by atoms with E-state index in [1.54, 1.807) is 31.2 Å². The van der Waals surface area contributed by atoms with E-state index in [0.717, 1.165) is 18.9 Å². The van der Waals surface area contributed by atoms with Crippen LogP contribution in [0.3, 0.4) is 0 Å². The van der Waals surface area contributed by atoms with Crippen molar-refractivity contribution < 1.29 is 22.7 Å². The fourth-order valence-corrected chi connectivity index (χ4v) is 2.64. The molecule has 1 N–H and O–H groups in total. The van der Waals surface area contributed by atoms with Gasteiger partial charge in [-0.25, -0.2) is 0 Å². The standard InChI is InChI=1S/C18H20F3N3O2/c1-12(26-14-5-3-2-4-6-14)17(25)22-9-10-24-15(13-7-8-13)11-16(23-24)18(19,20)21/h2-6,11-13H,7-10H2,1H3,(H,22,25). The molecule has 2 aromatic rings. The molecule has 1 saturated carbocycles. The molecule has 0 spiro atoms. The topological polar surface area (TPSA) is 56.1 Å². The largest absolute Gasteiger partial charge is 0.481 e. The van der Waals surface area contributed by atoms with Crippen LogP contribution in [0, 0.1) is 0 Å². The Morgan fingerprint density at radius 3 is 2.65 bits per heavy atom. The zero-order valence-electron chi connectivity index (χ0n) is 14.3. The molecular weight excluding hydrogens is 347 g/mol. The van der Waals surface area contributed by atoms with Gasteiger partial charge in [0.15, 0.2) is 11.8 Å². The molecule has 0 bridgehead atoms. The van der Waals surface area contributed by atoms with Crippen molar-refractivity contribution in [1.29, 1.82) is 0 Å². The van der Waals surface area contributed by atoms with Gasteiger partial charge in [0.2, 0.25) is 0 Å². The summed E-state index contributed by atoms with van der Waals surface area (Å²) in [5.74, 6) is 0.382. The lowest BCUT2D eigenvalue weighted by Gasteiger charge is -2.15. The number of benzene rings is 1. The van der Waals surface area contributed by atoms with Crippen molar-refractivity contribution in [3.8, 4) is 5.75 Å². The number of aromatic nitrogens is 2. The molecule has 1 aromatic carbocycles. The van der Waals surface area contributed by atoms with Crippen LogP contribution in [-0.2, 0) is 17.5 Å². The summed E-state index contributed by atoms with van der Waals surface area (Å²) in [6, 6.07) is 10.0. The van der Waals surface area contributed by atoms with E-state index >= 15 is 0 Å². The van der Waals surface area contributed by atoms with Crippen LogP contribution < -0.4 is 10.1 Å². The Kier molecular flexibility index (Phi) is 5.20. The van der Waals surface area contributed by atoms with E-state index in [4.69, 9.17) is 4.74 Å². The van der Waals surface area contributed by atoms with E-state index in [9.17, 15) is 18.0 Å². The van der Waals surface area contributed by atoms with Crippen LogP contribution in [0.1, 0.15) is 37.1 Å². The summed E-state index contributed by atoms with van der Waals surface area (Å²) in [5, 5.41) is 6.34. The molecule has 0 aliphatic heterocycles. The monoisotopic (exact) mass is 367 g/mol. The number of carbonyl (C=O) groups is 1. The molecule has 1 fully saturated rings. The molecule has 1 amide bonds. The minimum atomic E-state index is -4.46. The number of hydrogen-bond donors (Lipinski definition) is 1. The molecule has 5 nitrogen and oxygen atoms in total. The molecule has 8 heteroatoms. The maximum absolute atomic E-state index is 12.9. The summed E-state index contributed by atoms with van der Waals surface area (Å²) in [7, 11) is 0. The van der Waals surface area contributed by atoms with Crippen molar-refractivity contribution in [1.82, 2.24) is 15.1 Å². The minimum Gasteiger partial charge on any atom is -0.481 e. The average Bonchev–Trinajstić information content (AvgIpc) is 3.34. The Bertz CT molecular complexity index is 755. The van der Waals surface area contributed by atoms with Gasteiger partial charge in [-0.1, -0.05) is 18.2 Å². The summed E-state index contributed by atoms with van der Waals surface area (Å²) >= 11 is 0. The van der Waals surface area contributed by atoms with E-state index in [1.807, 2.05) is 6.07 Å². The van der Waals surface area contributed by atoms with Crippen LogP contribution >= 0.6 is 0 Å². The Hall–Kier alpha value is -2.51. The lowest BCUT2D eigenvalue weighted by atomic mass is 10.2. The third-order valence-corrected chi connectivity index (χ3v) is 4.15. The van der Waals surface area contributed by atoms with Crippen molar-refractivity contribution in [2.45, 2.75) is 44.5 Å². The highest BCUT2D eigenvalue weighted by molar-refractivity contribution is 5.80. The number of halogens is 3. The summed E-state index contributed by atoms with van der Waals surface area (Å²) < 4.78 is 45.5. The van der Waals surface area contributed by atoms with Crippen molar-refractivity contribution in [2.75, 3.05) is 6.54 Å². The quantitative estimate of drug-likeness (QED) is 0.816. The number of para-hydroxylation sites is 1. The van der Waals surface area contributed by atoms with Gasteiger partial charge in [0.25, 0.3) is 5.91 Å². The normalized spacial score (nSPS) is 15.5. The molecule has 1 unspecified atom stereocenters. The SMILES string of the molecule is CC(Oc1ccccc1)C(=O)NCCn1nc(C(F)(F)F)cc1C1CC1. The van der Waals surface area contributed by atoms with Gasteiger partial charge in [-0.3, -0.25) is 9.48 Å². The van der Waals surface area contributed by atoms with Crippen molar-refractivity contribution in [3.05, 3.63) is 47.8 Å². The predicted octanol–water partition coefficient (Wildman–Crippen LogP) is 3.36. The smallest absolute Gasteiger partial charge is 0.435 e. The van der Waals surface area contributed by atoms with Crippen LogP contribution in [0.5, 0.6) is 5.75 Å². The van der Waals surface area contributed by atoms with Crippen molar-refractivity contribution >= 4 is 5.91 Å². The van der Waals surface area contributed by atoms with Gasteiger partial charge in [0.1, 0.15) is 5.75 Å². The van der Waals surface area contributed by atoms with Crippen molar-refractivity contribution in [2.24, 2.45) is 0 Å². The van der Waals surface area contributed by atoms with E-state index in [0.29, 0.717) is 11.4 Å². The van der Waals surface area contributed by atoms with Crippen LogP contribution in [0.4, 0.5) is 13.2 Å². The number of rotatable bonds is 7. The number of ether oxygens (including phenoxy) is 1. The van der Waals surface area contributed by atoms with Crippen LogP contribution in [0.15, 0.2) is 36.4 Å². The molecule has 0 radical (unpaired) electrons. The maximum atomic E-state index is 12.9. The third kappa shape index (κ3) is 4.56. The average molecular weight is 367 g/mol. The minimum absolute atomic E-state index is 0.134. The first-order valence-electron chi connectivity index (χ1n) is 8.49. The molecule has 26 heavy (non-hydrogen) atoms. The summed E-state index contributed by atoms with van der Waals surface area (Å²) in [6.45, 7) is 1.99. The van der Waals surface area contributed by atoms with E-state index in [2.05, 4.69) is 10.4 Å². The summed E-state index contributed by atoms with van der Waals surface area (Å²) in [5.41, 5.74) is -0.299.